The smallest absolute Gasteiger partial charge is 0.250 e. The molecule has 30 heavy (non-hydrogen) atoms. The number of piperazine rings is 1. The van der Waals surface area contributed by atoms with E-state index in [-0.39, 0.29) is 11.1 Å². The molecule has 2 aromatic carbocycles. The minimum absolute atomic E-state index is 0.177. The number of nitrogens with zero attached hydrogens (tertiary/aromatic N) is 1. The molecule has 1 unspecified atom stereocenters. The molecule has 0 bridgehead atoms. The van der Waals surface area contributed by atoms with E-state index in [4.69, 9.17) is 4.43 Å². The predicted octanol–water partition coefficient (Wildman–Crippen LogP) is 6.60. The lowest BCUT2D eigenvalue weighted by molar-refractivity contribution is 0.113. The maximum Gasteiger partial charge on any atom is 0.250 e. The summed E-state index contributed by atoms with van der Waals surface area (Å²) in [6.45, 7) is 18.1. The van der Waals surface area contributed by atoms with Crippen LogP contribution in [0.25, 0.3) is 0 Å². The number of hydrogen-bond donors (Lipinski definition) is 1. The van der Waals surface area contributed by atoms with Gasteiger partial charge in [-0.3, -0.25) is 4.90 Å². The molecule has 1 aliphatic heterocycles. The topological polar surface area (TPSA) is 24.5 Å². The minimum Gasteiger partial charge on any atom is -0.543 e. The number of nitrogens with one attached hydrogen (secondary N) is 1. The van der Waals surface area contributed by atoms with Crippen LogP contribution in [0.2, 0.25) is 18.1 Å². The molecule has 1 fully saturated rings. The Balaban J connectivity index is 2.01. The highest BCUT2D eigenvalue weighted by Crippen LogP contribution is 2.39. The van der Waals surface area contributed by atoms with Crippen molar-refractivity contribution in [3.63, 3.8) is 0 Å². The zero-order valence-corrected chi connectivity index (χ0v) is 22.1. The molecule has 3 rings (SSSR count). The van der Waals surface area contributed by atoms with Crippen LogP contribution in [0.1, 0.15) is 51.8 Å². The summed E-state index contributed by atoms with van der Waals surface area (Å²) < 4.78 is 7.76. The lowest BCUT2D eigenvalue weighted by atomic mass is 9.94. The molecule has 0 spiro atoms. The van der Waals surface area contributed by atoms with E-state index in [0.717, 1.165) is 23.3 Å². The first-order chi connectivity index (χ1) is 14.0. The molecule has 1 N–H and O–H groups in total. The highest BCUT2D eigenvalue weighted by atomic mass is 79.9. The fourth-order valence-corrected chi connectivity index (χ4v) is 5.11. The van der Waals surface area contributed by atoms with E-state index >= 15 is 0 Å². The monoisotopic (exact) mass is 488 g/mol. The Labute approximate surface area is 192 Å². The summed E-state index contributed by atoms with van der Waals surface area (Å²) in [7, 11) is -1.88. The first-order valence-electron chi connectivity index (χ1n) is 11.0. The maximum atomic E-state index is 6.65. The van der Waals surface area contributed by atoms with Crippen LogP contribution in [-0.4, -0.2) is 38.4 Å². The number of hydrogen-bond acceptors (Lipinski definition) is 3. The lowest BCUT2D eigenvalue weighted by Crippen LogP contribution is -2.55. The third-order valence-corrected chi connectivity index (χ3v) is 11.6. The maximum absolute atomic E-state index is 6.65. The van der Waals surface area contributed by atoms with E-state index in [2.05, 4.69) is 122 Å². The van der Waals surface area contributed by atoms with Crippen molar-refractivity contribution < 1.29 is 4.43 Å². The predicted molar refractivity (Wildman–Crippen MR) is 134 cm³/mol. The molecule has 5 heteroatoms. The first kappa shape index (κ1) is 23.5. The van der Waals surface area contributed by atoms with Crippen molar-refractivity contribution in [3.8, 4) is 5.75 Å². The van der Waals surface area contributed by atoms with Crippen LogP contribution in [-0.2, 0) is 0 Å². The average Bonchev–Trinajstić information content (AvgIpc) is 2.65. The Kier molecular flexibility index (Phi) is 7.17. The van der Waals surface area contributed by atoms with Gasteiger partial charge < -0.3 is 9.74 Å². The van der Waals surface area contributed by atoms with E-state index in [1.54, 1.807) is 0 Å². The Morgan fingerprint density at radius 1 is 1.07 bits per heavy atom. The van der Waals surface area contributed by atoms with E-state index in [1.807, 2.05) is 0 Å². The van der Waals surface area contributed by atoms with E-state index in [1.165, 1.54) is 11.1 Å². The third kappa shape index (κ3) is 5.36. The zero-order chi connectivity index (χ0) is 22.1. The second-order valence-electron chi connectivity index (χ2n) is 10.2. The highest BCUT2D eigenvalue weighted by Gasteiger charge is 2.39. The lowest BCUT2D eigenvalue weighted by Gasteiger charge is -2.43. The normalized spacial score (nSPS) is 22.0. The minimum atomic E-state index is -1.88. The first-order valence-corrected chi connectivity index (χ1v) is 14.7. The van der Waals surface area contributed by atoms with Gasteiger partial charge in [0.25, 0.3) is 0 Å². The second kappa shape index (κ2) is 9.15. The molecule has 1 saturated heterocycles. The Bertz CT molecular complexity index is 847. The van der Waals surface area contributed by atoms with E-state index in [9.17, 15) is 0 Å². The molecule has 3 atom stereocenters. The zero-order valence-electron chi connectivity index (χ0n) is 19.5. The van der Waals surface area contributed by atoms with Gasteiger partial charge in [-0.15, -0.1) is 0 Å². The van der Waals surface area contributed by atoms with Crippen molar-refractivity contribution in [2.75, 3.05) is 13.1 Å². The SMILES string of the molecule is C[C@H]1CN(C(c2ccc(Br)cc2)c2cccc(O[Si](C)(C)C(C)(C)C)c2)[C@@H](C)CN1. The summed E-state index contributed by atoms with van der Waals surface area (Å²) in [6.07, 6.45) is 0. The van der Waals surface area contributed by atoms with Gasteiger partial charge in [-0.25, -0.2) is 0 Å². The largest absolute Gasteiger partial charge is 0.543 e. The van der Waals surface area contributed by atoms with Gasteiger partial charge in [-0.2, -0.15) is 0 Å². The molecular weight excluding hydrogens is 452 g/mol. The van der Waals surface area contributed by atoms with E-state index in [0.29, 0.717) is 12.1 Å². The van der Waals surface area contributed by atoms with Crippen LogP contribution in [0.5, 0.6) is 5.75 Å². The molecule has 0 saturated carbocycles. The molecule has 3 nitrogen and oxygen atoms in total. The van der Waals surface area contributed by atoms with Crippen LogP contribution >= 0.6 is 15.9 Å². The molecule has 1 heterocycles. The summed E-state index contributed by atoms with van der Waals surface area (Å²) in [5, 5.41) is 3.80. The van der Waals surface area contributed by atoms with Gasteiger partial charge in [0.05, 0.1) is 6.04 Å². The molecule has 0 aromatic heterocycles. The molecule has 0 radical (unpaired) electrons. The van der Waals surface area contributed by atoms with Crippen LogP contribution in [0.15, 0.2) is 53.0 Å². The Morgan fingerprint density at radius 3 is 2.37 bits per heavy atom. The van der Waals surface area contributed by atoms with Gasteiger partial charge in [0.2, 0.25) is 8.32 Å². The van der Waals surface area contributed by atoms with Gasteiger partial charge in [0.1, 0.15) is 5.75 Å². The van der Waals surface area contributed by atoms with Gasteiger partial charge in [-0.1, -0.05) is 61.0 Å². The summed E-state index contributed by atoms with van der Waals surface area (Å²) in [4.78, 5) is 2.63. The number of benzene rings is 2. The van der Waals surface area contributed by atoms with Gasteiger partial charge in [0.15, 0.2) is 0 Å². The van der Waals surface area contributed by atoms with Crippen LogP contribution in [0, 0.1) is 0 Å². The van der Waals surface area contributed by atoms with Gasteiger partial charge in [0, 0.05) is 29.6 Å². The van der Waals surface area contributed by atoms with Crippen molar-refractivity contribution in [3.05, 3.63) is 64.1 Å². The summed E-state index contributed by atoms with van der Waals surface area (Å²) in [6, 6.07) is 18.7. The molecular formula is C25H37BrN2OSi. The molecule has 1 aliphatic rings. The standard InChI is InChI=1S/C25H37BrN2OSi/c1-18-17-28(19(2)16-27-18)24(20-11-13-22(26)14-12-20)21-9-8-10-23(15-21)29-30(6,7)25(3,4)5/h8-15,18-19,24,27H,16-17H2,1-7H3/t18-,19-,24?/m0/s1. The fraction of sp³-hybridized carbons (Fsp3) is 0.520. The van der Waals surface area contributed by atoms with Crippen LogP contribution in [0.4, 0.5) is 0 Å². The average molecular weight is 490 g/mol. The molecule has 164 valence electrons. The molecule has 0 aliphatic carbocycles. The summed E-state index contributed by atoms with van der Waals surface area (Å²) in [5.41, 5.74) is 2.62. The van der Waals surface area contributed by atoms with Crippen LogP contribution in [0.3, 0.4) is 0 Å². The van der Waals surface area contributed by atoms with Gasteiger partial charge >= 0.3 is 0 Å². The third-order valence-electron chi connectivity index (χ3n) is 6.68. The Morgan fingerprint density at radius 2 is 1.73 bits per heavy atom. The highest BCUT2D eigenvalue weighted by molar-refractivity contribution is 9.10. The second-order valence-corrected chi connectivity index (χ2v) is 15.9. The van der Waals surface area contributed by atoms with Crippen molar-refractivity contribution >= 4 is 24.2 Å². The molecule has 0 amide bonds. The Hall–Kier alpha value is -1.14. The van der Waals surface area contributed by atoms with Crippen molar-refractivity contribution in [2.45, 2.75) is 70.9 Å². The fourth-order valence-electron chi connectivity index (χ4n) is 3.83. The van der Waals surface area contributed by atoms with E-state index < -0.39 is 8.32 Å². The van der Waals surface area contributed by atoms with Gasteiger partial charge in [-0.05, 0) is 67.4 Å². The van der Waals surface area contributed by atoms with Crippen LogP contribution < -0.4 is 9.74 Å². The van der Waals surface area contributed by atoms with Crippen molar-refractivity contribution in [1.29, 1.82) is 0 Å². The number of rotatable bonds is 5. The molecule has 2 aromatic rings. The summed E-state index contributed by atoms with van der Waals surface area (Å²) in [5.74, 6) is 0.997. The van der Waals surface area contributed by atoms with Crippen molar-refractivity contribution in [2.24, 2.45) is 0 Å². The number of halogens is 1. The summed E-state index contributed by atoms with van der Waals surface area (Å²) >= 11 is 3.59. The quantitative estimate of drug-likeness (QED) is 0.479. The van der Waals surface area contributed by atoms with Crippen molar-refractivity contribution in [1.82, 2.24) is 10.2 Å².